The van der Waals surface area contributed by atoms with Gasteiger partial charge in [0.25, 0.3) is 11.6 Å². The summed E-state index contributed by atoms with van der Waals surface area (Å²) in [5.74, 6) is -0.521. The molecule has 0 aromatic carbocycles. The van der Waals surface area contributed by atoms with Crippen LogP contribution in [-0.4, -0.2) is 47.4 Å². The number of aromatic nitrogens is 1. The number of nitrogens with zero attached hydrogens (tertiary/aromatic N) is 3. The van der Waals surface area contributed by atoms with Gasteiger partial charge in [-0.2, -0.15) is 0 Å². The van der Waals surface area contributed by atoms with Crippen molar-refractivity contribution >= 4 is 23.2 Å². The molecule has 1 N–H and O–H groups in total. The zero-order valence-electron chi connectivity index (χ0n) is 11.6. The molecule has 1 aromatic rings. The van der Waals surface area contributed by atoms with Crippen molar-refractivity contribution in [2.24, 2.45) is 0 Å². The van der Waals surface area contributed by atoms with Crippen LogP contribution in [0, 0.1) is 10.1 Å². The number of nitrogens with one attached hydrogen (secondary N) is 1. The summed E-state index contributed by atoms with van der Waals surface area (Å²) in [6.07, 6.45) is 1.73. The lowest BCUT2D eigenvalue weighted by Gasteiger charge is -2.16. The molecule has 0 saturated carbocycles. The van der Waals surface area contributed by atoms with Gasteiger partial charge in [-0.15, -0.1) is 0 Å². The number of rotatable bonds is 6. The van der Waals surface area contributed by atoms with E-state index in [9.17, 15) is 14.9 Å². The number of carbonyl (C=O) groups excluding carboxylic acids is 1. The van der Waals surface area contributed by atoms with Crippen LogP contribution in [-0.2, 0) is 0 Å². The van der Waals surface area contributed by atoms with Crippen LogP contribution in [0.15, 0.2) is 12.3 Å². The van der Waals surface area contributed by atoms with E-state index in [1.165, 1.54) is 6.07 Å². The van der Waals surface area contributed by atoms with Gasteiger partial charge < -0.3 is 10.2 Å². The van der Waals surface area contributed by atoms with E-state index in [1.54, 1.807) is 0 Å². The van der Waals surface area contributed by atoms with Crippen molar-refractivity contribution in [1.82, 2.24) is 15.2 Å². The standard InChI is InChI=1S/C12H17ClN4O3/c1-8(4-5-16(2)3)15-12(18)9-6-11(13)14-7-10(9)17(19)20/h6-8H,4-5H2,1-3H3,(H,15,18). The fourth-order valence-electron chi connectivity index (χ4n) is 1.58. The van der Waals surface area contributed by atoms with E-state index in [4.69, 9.17) is 11.6 Å². The number of halogens is 1. The molecule has 1 heterocycles. The first-order valence-corrected chi connectivity index (χ1v) is 6.44. The molecule has 0 radical (unpaired) electrons. The molecule has 0 fully saturated rings. The van der Waals surface area contributed by atoms with E-state index in [0.29, 0.717) is 0 Å². The minimum Gasteiger partial charge on any atom is -0.349 e. The predicted molar refractivity (Wildman–Crippen MR) is 76.0 cm³/mol. The maximum atomic E-state index is 12.1. The second-order valence-electron chi connectivity index (χ2n) is 4.75. The Labute approximate surface area is 122 Å². The van der Waals surface area contributed by atoms with Crippen molar-refractivity contribution in [2.75, 3.05) is 20.6 Å². The van der Waals surface area contributed by atoms with Crippen LogP contribution in [0.25, 0.3) is 0 Å². The highest BCUT2D eigenvalue weighted by atomic mass is 35.5. The smallest absolute Gasteiger partial charge is 0.300 e. The van der Waals surface area contributed by atoms with Gasteiger partial charge in [-0.25, -0.2) is 4.98 Å². The number of nitro groups is 1. The summed E-state index contributed by atoms with van der Waals surface area (Å²) in [6, 6.07) is 1.10. The van der Waals surface area contributed by atoms with Gasteiger partial charge in [0.1, 0.15) is 16.9 Å². The van der Waals surface area contributed by atoms with Crippen molar-refractivity contribution in [3.05, 3.63) is 33.1 Å². The number of amides is 1. The molecule has 110 valence electrons. The van der Waals surface area contributed by atoms with Crippen molar-refractivity contribution in [3.8, 4) is 0 Å². The lowest BCUT2D eigenvalue weighted by Crippen LogP contribution is -2.35. The van der Waals surface area contributed by atoms with Gasteiger partial charge in [-0.1, -0.05) is 11.6 Å². The normalized spacial score (nSPS) is 12.2. The first-order chi connectivity index (χ1) is 9.31. The first kappa shape index (κ1) is 16.3. The van der Waals surface area contributed by atoms with Gasteiger partial charge in [-0.3, -0.25) is 14.9 Å². The lowest BCUT2D eigenvalue weighted by atomic mass is 10.1. The lowest BCUT2D eigenvalue weighted by molar-refractivity contribution is -0.385. The number of hydrogen-bond acceptors (Lipinski definition) is 5. The summed E-state index contributed by atoms with van der Waals surface area (Å²) >= 11 is 5.68. The predicted octanol–water partition coefficient (Wildman–Crippen LogP) is 1.71. The Morgan fingerprint density at radius 2 is 2.25 bits per heavy atom. The third-order valence-electron chi connectivity index (χ3n) is 2.68. The van der Waals surface area contributed by atoms with Gasteiger partial charge in [0.05, 0.1) is 4.92 Å². The van der Waals surface area contributed by atoms with Gasteiger partial charge >= 0.3 is 0 Å². The van der Waals surface area contributed by atoms with Gasteiger partial charge in [-0.05, 0) is 40.1 Å². The first-order valence-electron chi connectivity index (χ1n) is 6.06. The van der Waals surface area contributed by atoms with E-state index < -0.39 is 10.8 Å². The summed E-state index contributed by atoms with van der Waals surface area (Å²) in [5, 5.41) is 13.6. The van der Waals surface area contributed by atoms with Gasteiger partial charge in [0, 0.05) is 6.04 Å². The zero-order chi connectivity index (χ0) is 15.3. The highest BCUT2D eigenvalue weighted by Crippen LogP contribution is 2.20. The summed E-state index contributed by atoms with van der Waals surface area (Å²) in [7, 11) is 3.87. The Balaban J connectivity index is 2.81. The molecule has 1 atom stereocenters. The van der Waals surface area contributed by atoms with Crippen LogP contribution in [0.4, 0.5) is 5.69 Å². The average molecular weight is 301 g/mol. The quantitative estimate of drug-likeness (QED) is 0.491. The van der Waals surface area contributed by atoms with E-state index >= 15 is 0 Å². The van der Waals surface area contributed by atoms with E-state index in [2.05, 4.69) is 10.3 Å². The largest absolute Gasteiger partial charge is 0.349 e. The van der Waals surface area contributed by atoms with E-state index in [-0.39, 0.29) is 22.4 Å². The maximum Gasteiger partial charge on any atom is 0.300 e. The topological polar surface area (TPSA) is 88.4 Å². The zero-order valence-corrected chi connectivity index (χ0v) is 12.3. The molecule has 1 rings (SSSR count). The summed E-state index contributed by atoms with van der Waals surface area (Å²) in [5.41, 5.74) is -0.432. The number of carbonyl (C=O) groups is 1. The SMILES string of the molecule is CC(CCN(C)C)NC(=O)c1cc(Cl)ncc1[N+](=O)[O-]. The number of pyridine rings is 1. The highest BCUT2D eigenvalue weighted by molar-refractivity contribution is 6.29. The third-order valence-corrected chi connectivity index (χ3v) is 2.88. The van der Waals surface area contributed by atoms with Crippen LogP contribution in [0.3, 0.4) is 0 Å². The molecule has 0 spiro atoms. The molecular weight excluding hydrogens is 284 g/mol. The van der Waals surface area contributed by atoms with Crippen molar-refractivity contribution < 1.29 is 9.72 Å². The molecule has 1 amide bonds. The number of hydrogen-bond donors (Lipinski definition) is 1. The van der Waals surface area contributed by atoms with Crippen LogP contribution in [0.2, 0.25) is 5.15 Å². The van der Waals surface area contributed by atoms with Crippen LogP contribution in [0.5, 0.6) is 0 Å². The average Bonchev–Trinajstić information content (AvgIpc) is 2.35. The molecule has 1 aromatic heterocycles. The summed E-state index contributed by atoms with van der Waals surface area (Å²) in [4.78, 5) is 27.9. The van der Waals surface area contributed by atoms with Gasteiger partial charge in [0.2, 0.25) is 0 Å². The molecule has 8 heteroatoms. The Morgan fingerprint density at radius 1 is 1.60 bits per heavy atom. The molecule has 0 aliphatic rings. The Bertz CT molecular complexity index is 507. The van der Waals surface area contributed by atoms with Crippen LogP contribution in [0.1, 0.15) is 23.7 Å². The van der Waals surface area contributed by atoms with Crippen molar-refractivity contribution in [2.45, 2.75) is 19.4 Å². The molecular formula is C12H17ClN4O3. The molecule has 20 heavy (non-hydrogen) atoms. The fourth-order valence-corrected chi connectivity index (χ4v) is 1.73. The summed E-state index contributed by atoms with van der Waals surface area (Å²) < 4.78 is 0. The molecule has 7 nitrogen and oxygen atoms in total. The van der Waals surface area contributed by atoms with Crippen LogP contribution < -0.4 is 5.32 Å². The van der Waals surface area contributed by atoms with Gasteiger partial charge in [0.15, 0.2) is 0 Å². The molecule has 0 aliphatic carbocycles. The molecule has 1 unspecified atom stereocenters. The van der Waals surface area contributed by atoms with Crippen molar-refractivity contribution in [1.29, 1.82) is 0 Å². The Morgan fingerprint density at radius 3 is 2.80 bits per heavy atom. The second-order valence-corrected chi connectivity index (χ2v) is 5.13. The Kier molecular flexibility index (Phi) is 5.84. The monoisotopic (exact) mass is 300 g/mol. The van der Waals surface area contributed by atoms with Crippen LogP contribution >= 0.6 is 11.6 Å². The molecule has 0 aliphatic heterocycles. The van der Waals surface area contributed by atoms with Crippen molar-refractivity contribution in [3.63, 3.8) is 0 Å². The maximum absolute atomic E-state index is 12.1. The molecule has 0 bridgehead atoms. The minimum absolute atomic E-state index is 0.0432. The molecule has 0 saturated heterocycles. The highest BCUT2D eigenvalue weighted by Gasteiger charge is 2.22. The summed E-state index contributed by atoms with van der Waals surface area (Å²) in [6.45, 7) is 2.65. The third kappa shape index (κ3) is 4.75. The minimum atomic E-state index is -0.650. The fraction of sp³-hybridized carbons (Fsp3) is 0.500. The van der Waals surface area contributed by atoms with E-state index in [0.717, 1.165) is 19.2 Å². The van der Waals surface area contributed by atoms with E-state index in [1.807, 2.05) is 25.9 Å². The second kappa shape index (κ2) is 7.16. The Hall–Kier alpha value is -1.73.